The number of hydrogen-bond donors (Lipinski definition) is 2. The first-order chi connectivity index (χ1) is 9.08. The molecule has 0 aromatic heterocycles. The van der Waals surface area contributed by atoms with Gasteiger partial charge in [-0.1, -0.05) is 12.1 Å². The van der Waals surface area contributed by atoms with E-state index in [1.807, 2.05) is 6.92 Å². The monoisotopic (exact) mass is 264 g/mol. The van der Waals surface area contributed by atoms with E-state index < -0.39 is 6.04 Å². The maximum atomic E-state index is 12.3. The predicted octanol–water partition coefficient (Wildman–Crippen LogP) is 0.509. The zero-order chi connectivity index (χ0) is 13.8. The summed E-state index contributed by atoms with van der Waals surface area (Å²) in [5.74, 6) is 0.175. The smallest absolute Gasteiger partial charge is 0.240 e. The Morgan fingerprint density at radius 3 is 2.84 bits per heavy atom. The first-order valence-corrected chi connectivity index (χ1v) is 6.49. The first kappa shape index (κ1) is 13.8. The Balaban J connectivity index is 1.96. The van der Waals surface area contributed by atoms with E-state index in [4.69, 9.17) is 10.5 Å². The van der Waals surface area contributed by atoms with Crippen molar-refractivity contribution in [2.45, 2.75) is 25.4 Å². The van der Waals surface area contributed by atoms with Crippen LogP contribution in [-0.2, 0) is 16.0 Å². The van der Waals surface area contributed by atoms with Crippen molar-refractivity contribution in [1.29, 1.82) is 0 Å². The first-order valence-electron chi connectivity index (χ1n) is 6.49. The van der Waals surface area contributed by atoms with Gasteiger partial charge in [-0.25, -0.2) is 0 Å². The van der Waals surface area contributed by atoms with Gasteiger partial charge in [0, 0.05) is 6.54 Å². The molecule has 1 aliphatic heterocycles. The molecule has 1 amide bonds. The summed E-state index contributed by atoms with van der Waals surface area (Å²) in [4.78, 5) is 14.1. The lowest BCUT2D eigenvalue weighted by Crippen LogP contribution is -2.53. The third-order valence-corrected chi connectivity index (χ3v) is 3.36. The van der Waals surface area contributed by atoms with Gasteiger partial charge in [0.05, 0.1) is 25.3 Å². The average molecular weight is 264 g/mol. The minimum absolute atomic E-state index is 0.0381. The van der Waals surface area contributed by atoms with E-state index in [9.17, 15) is 9.90 Å². The van der Waals surface area contributed by atoms with E-state index in [1.54, 1.807) is 29.2 Å². The zero-order valence-electron chi connectivity index (χ0n) is 11.1. The Labute approximate surface area is 113 Å². The minimum Gasteiger partial charge on any atom is -0.508 e. The fraction of sp³-hybridized carbons (Fsp3) is 0.500. The van der Waals surface area contributed by atoms with Gasteiger partial charge in [-0.3, -0.25) is 4.79 Å². The second kappa shape index (κ2) is 6.04. The molecule has 3 N–H and O–H groups in total. The minimum atomic E-state index is -0.551. The molecule has 1 heterocycles. The van der Waals surface area contributed by atoms with Crippen LogP contribution in [0.1, 0.15) is 12.5 Å². The standard InChI is InChI=1S/C14H20N2O3/c1-10-9-19-7-6-16(10)14(18)13(15)8-11-2-4-12(17)5-3-11/h2-5,10,13,17H,6-9,15H2,1H3. The Morgan fingerprint density at radius 2 is 2.21 bits per heavy atom. The summed E-state index contributed by atoms with van der Waals surface area (Å²) in [5.41, 5.74) is 6.93. The van der Waals surface area contributed by atoms with Gasteiger partial charge in [-0.15, -0.1) is 0 Å². The third kappa shape index (κ3) is 3.45. The highest BCUT2D eigenvalue weighted by molar-refractivity contribution is 5.82. The number of phenolic OH excluding ortho intramolecular Hbond substituents is 1. The van der Waals surface area contributed by atoms with E-state index in [0.29, 0.717) is 26.2 Å². The maximum Gasteiger partial charge on any atom is 0.240 e. The molecule has 1 fully saturated rings. The molecule has 5 heteroatoms. The van der Waals surface area contributed by atoms with Gasteiger partial charge in [-0.2, -0.15) is 0 Å². The number of benzene rings is 1. The number of nitrogens with two attached hydrogens (primary N) is 1. The van der Waals surface area contributed by atoms with Crippen LogP contribution in [0.15, 0.2) is 24.3 Å². The van der Waals surface area contributed by atoms with Crippen molar-refractivity contribution >= 4 is 5.91 Å². The largest absolute Gasteiger partial charge is 0.508 e. The topological polar surface area (TPSA) is 75.8 Å². The number of aromatic hydroxyl groups is 1. The summed E-state index contributed by atoms with van der Waals surface area (Å²) in [7, 11) is 0. The lowest BCUT2D eigenvalue weighted by atomic mass is 10.0. The summed E-state index contributed by atoms with van der Waals surface area (Å²) >= 11 is 0. The number of ether oxygens (including phenoxy) is 1. The molecule has 5 nitrogen and oxygen atoms in total. The quantitative estimate of drug-likeness (QED) is 0.834. The van der Waals surface area contributed by atoms with Crippen molar-refractivity contribution in [2.75, 3.05) is 19.8 Å². The molecule has 0 radical (unpaired) electrons. The van der Waals surface area contributed by atoms with Crippen LogP contribution in [0.5, 0.6) is 5.75 Å². The molecule has 104 valence electrons. The number of morpholine rings is 1. The van der Waals surface area contributed by atoms with Crippen molar-refractivity contribution < 1.29 is 14.6 Å². The van der Waals surface area contributed by atoms with Crippen molar-refractivity contribution in [1.82, 2.24) is 4.90 Å². The summed E-state index contributed by atoms with van der Waals surface area (Å²) in [6.07, 6.45) is 0.475. The molecular formula is C14H20N2O3. The predicted molar refractivity (Wildman–Crippen MR) is 71.8 cm³/mol. The molecule has 0 aliphatic carbocycles. The summed E-state index contributed by atoms with van der Waals surface area (Å²) < 4.78 is 5.31. The third-order valence-electron chi connectivity index (χ3n) is 3.36. The van der Waals surface area contributed by atoms with Gasteiger partial charge in [-0.05, 0) is 31.0 Å². The van der Waals surface area contributed by atoms with Crippen LogP contribution in [-0.4, -0.2) is 47.8 Å². The number of hydrogen-bond acceptors (Lipinski definition) is 4. The lowest BCUT2D eigenvalue weighted by molar-refractivity contribution is -0.140. The molecule has 1 aromatic rings. The van der Waals surface area contributed by atoms with Gasteiger partial charge in [0.15, 0.2) is 0 Å². The van der Waals surface area contributed by atoms with Crippen molar-refractivity contribution in [3.8, 4) is 5.75 Å². The molecule has 2 atom stereocenters. The summed E-state index contributed by atoms with van der Waals surface area (Å²) in [5, 5.41) is 9.22. The molecule has 0 spiro atoms. The summed E-state index contributed by atoms with van der Waals surface area (Å²) in [6, 6.07) is 6.29. The molecule has 0 bridgehead atoms. The van der Waals surface area contributed by atoms with Crippen LogP contribution in [0, 0.1) is 0 Å². The van der Waals surface area contributed by atoms with E-state index in [0.717, 1.165) is 5.56 Å². The van der Waals surface area contributed by atoms with Crippen LogP contribution in [0.4, 0.5) is 0 Å². The Hall–Kier alpha value is -1.59. The molecule has 1 aliphatic rings. The number of carbonyl (C=O) groups excluding carboxylic acids is 1. The fourth-order valence-electron chi connectivity index (χ4n) is 2.24. The Kier molecular flexibility index (Phi) is 4.39. The maximum absolute atomic E-state index is 12.3. The molecule has 1 saturated heterocycles. The number of rotatable bonds is 3. The van der Waals surface area contributed by atoms with Gasteiger partial charge in [0.2, 0.25) is 5.91 Å². The van der Waals surface area contributed by atoms with Crippen molar-refractivity contribution in [3.63, 3.8) is 0 Å². The van der Waals surface area contributed by atoms with E-state index in [-0.39, 0.29) is 17.7 Å². The average Bonchev–Trinajstić information content (AvgIpc) is 2.41. The fourth-order valence-corrected chi connectivity index (χ4v) is 2.24. The van der Waals surface area contributed by atoms with Gasteiger partial charge < -0.3 is 20.5 Å². The number of nitrogens with zero attached hydrogens (tertiary/aromatic N) is 1. The van der Waals surface area contributed by atoms with Crippen LogP contribution in [0.25, 0.3) is 0 Å². The van der Waals surface area contributed by atoms with Gasteiger partial charge in [0.1, 0.15) is 5.75 Å². The van der Waals surface area contributed by atoms with E-state index >= 15 is 0 Å². The highest BCUT2D eigenvalue weighted by Gasteiger charge is 2.27. The molecule has 2 unspecified atom stereocenters. The van der Waals surface area contributed by atoms with Crippen molar-refractivity contribution in [3.05, 3.63) is 29.8 Å². The number of amides is 1. The molecule has 19 heavy (non-hydrogen) atoms. The van der Waals surface area contributed by atoms with Crippen LogP contribution in [0.3, 0.4) is 0 Å². The Morgan fingerprint density at radius 1 is 1.53 bits per heavy atom. The van der Waals surface area contributed by atoms with Crippen LogP contribution >= 0.6 is 0 Å². The number of carbonyl (C=O) groups is 1. The molecule has 1 aromatic carbocycles. The molecule has 0 saturated carbocycles. The number of phenols is 1. The SMILES string of the molecule is CC1COCCN1C(=O)C(N)Cc1ccc(O)cc1. The van der Waals surface area contributed by atoms with Crippen LogP contribution in [0.2, 0.25) is 0 Å². The van der Waals surface area contributed by atoms with E-state index in [2.05, 4.69) is 0 Å². The molecule has 2 rings (SSSR count). The van der Waals surface area contributed by atoms with Crippen LogP contribution < -0.4 is 5.73 Å². The summed E-state index contributed by atoms with van der Waals surface area (Å²) in [6.45, 7) is 3.70. The van der Waals surface area contributed by atoms with Gasteiger partial charge >= 0.3 is 0 Å². The lowest BCUT2D eigenvalue weighted by Gasteiger charge is -2.35. The highest BCUT2D eigenvalue weighted by Crippen LogP contribution is 2.13. The second-order valence-corrected chi connectivity index (χ2v) is 4.93. The normalized spacial score (nSPS) is 21.2. The van der Waals surface area contributed by atoms with Gasteiger partial charge in [0.25, 0.3) is 0 Å². The second-order valence-electron chi connectivity index (χ2n) is 4.93. The molecular weight excluding hydrogens is 244 g/mol. The van der Waals surface area contributed by atoms with Crippen molar-refractivity contribution in [2.24, 2.45) is 5.73 Å². The zero-order valence-corrected chi connectivity index (χ0v) is 11.1. The Bertz CT molecular complexity index is 433. The van der Waals surface area contributed by atoms with E-state index in [1.165, 1.54) is 0 Å². The highest BCUT2D eigenvalue weighted by atomic mass is 16.5.